The minimum absolute atomic E-state index is 0.0324. The van der Waals surface area contributed by atoms with Gasteiger partial charge in [-0.1, -0.05) is 6.42 Å². The molecule has 5 nitrogen and oxygen atoms in total. The van der Waals surface area contributed by atoms with E-state index in [1.54, 1.807) is 0 Å². The number of rotatable bonds is 4. The Balaban J connectivity index is 1.88. The highest BCUT2D eigenvalue weighted by molar-refractivity contribution is 5.85. The summed E-state index contributed by atoms with van der Waals surface area (Å²) in [6.07, 6.45) is 4.20. The maximum Gasteiger partial charge on any atom is 0.307 e. The van der Waals surface area contributed by atoms with Crippen LogP contribution in [0.5, 0.6) is 0 Å². The maximum absolute atomic E-state index is 12.1. The highest BCUT2D eigenvalue weighted by Crippen LogP contribution is 2.32. The largest absolute Gasteiger partial charge is 0.481 e. The van der Waals surface area contributed by atoms with Crippen molar-refractivity contribution in [3.05, 3.63) is 0 Å². The van der Waals surface area contributed by atoms with Crippen LogP contribution in [-0.2, 0) is 14.3 Å². The Kier molecular flexibility index (Phi) is 4.22. The average molecular weight is 255 g/mol. The van der Waals surface area contributed by atoms with Crippen LogP contribution in [0, 0.1) is 11.8 Å². The first-order valence-electron chi connectivity index (χ1n) is 6.74. The summed E-state index contributed by atoms with van der Waals surface area (Å²) in [4.78, 5) is 23.2. The van der Waals surface area contributed by atoms with Gasteiger partial charge in [0.2, 0.25) is 5.91 Å². The third-order valence-electron chi connectivity index (χ3n) is 4.06. The molecule has 4 atom stereocenters. The summed E-state index contributed by atoms with van der Waals surface area (Å²) in [6, 6.07) is -0.0324. The van der Waals surface area contributed by atoms with Crippen molar-refractivity contribution in [3.63, 3.8) is 0 Å². The van der Waals surface area contributed by atoms with Crippen LogP contribution in [0.2, 0.25) is 0 Å². The predicted molar refractivity (Wildman–Crippen MR) is 65.0 cm³/mol. The fraction of sp³-hybridized carbons (Fsp3) is 0.846. The van der Waals surface area contributed by atoms with Crippen molar-refractivity contribution in [3.8, 4) is 0 Å². The minimum Gasteiger partial charge on any atom is -0.481 e. The van der Waals surface area contributed by atoms with Gasteiger partial charge in [0.25, 0.3) is 0 Å². The second kappa shape index (κ2) is 5.69. The van der Waals surface area contributed by atoms with Crippen LogP contribution in [0.1, 0.15) is 39.0 Å². The molecule has 1 saturated carbocycles. The molecular formula is C13H21NO4. The van der Waals surface area contributed by atoms with E-state index in [1.807, 2.05) is 6.92 Å². The summed E-state index contributed by atoms with van der Waals surface area (Å²) in [5, 5.41) is 12.0. The highest BCUT2D eigenvalue weighted by atomic mass is 16.5. The second-order valence-electron chi connectivity index (χ2n) is 5.33. The van der Waals surface area contributed by atoms with E-state index >= 15 is 0 Å². The molecule has 0 aromatic rings. The lowest BCUT2D eigenvalue weighted by Crippen LogP contribution is -2.45. The number of ether oxygens (including phenoxy) is 1. The molecule has 18 heavy (non-hydrogen) atoms. The van der Waals surface area contributed by atoms with Crippen LogP contribution in [0.4, 0.5) is 0 Å². The quantitative estimate of drug-likeness (QED) is 0.790. The van der Waals surface area contributed by atoms with E-state index in [2.05, 4.69) is 5.32 Å². The van der Waals surface area contributed by atoms with Crippen LogP contribution in [0.15, 0.2) is 0 Å². The van der Waals surface area contributed by atoms with Crippen LogP contribution >= 0.6 is 0 Å². The number of hydrogen-bond donors (Lipinski definition) is 2. The van der Waals surface area contributed by atoms with E-state index in [4.69, 9.17) is 9.84 Å². The summed E-state index contributed by atoms with van der Waals surface area (Å²) >= 11 is 0. The zero-order valence-corrected chi connectivity index (χ0v) is 10.7. The van der Waals surface area contributed by atoms with Gasteiger partial charge in [0.05, 0.1) is 24.0 Å². The average Bonchev–Trinajstić information content (AvgIpc) is 3.00. The normalized spacial score (nSPS) is 33.3. The van der Waals surface area contributed by atoms with E-state index in [1.165, 1.54) is 0 Å². The smallest absolute Gasteiger partial charge is 0.307 e. The number of carboxylic acid groups (broad SMARTS) is 1. The van der Waals surface area contributed by atoms with Gasteiger partial charge in [0.1, 0.15) is 0 Å². The molecule has 1 amide bonds. The van der Waals surface area contributed by atoms with Gasteiger partial charge in [0.15, 0.2) is 0 Å². The van der Waals surface area contributed by atoms with Crippen LogP contribution < -0.4 is 5.32 Å². The van der Waals surface area contributed by atoms with Crippen LogP contribution in [0.3, 0.4) is 0 Å². The number of carbonyl (C=O) groups is 2. The monoisotopic (exact) mass is 255 g/mol. The Morgan fingerprint density at radius 1 is 1.22 bits per heavy atom. The fourth-order valence-corrected chi connectivity index (χ4v) is 2.99. The van der Waals surface area contributed by atoms with Gasteiger partial charge in [0, 0.05) is 6.61 Å². The summed E-state index contributed by atoms with van der Waals surface area (Å²) < 4.78 is 5.52. The first-order chi connectivity index (χ1) is 8.59. The van der Waals surface area contributed by atoms with Crippen LogP contribution in [0.25, 0.3) is 0 Å². The molecule has 0 radical (unpaired) electrons. The molecule has 2 fully saturated rings. The molecule has 0 bridgehead atoms. The Morgan fingerprint density at radius 3 is 2.56 bits per heavy atom. The van der Waals surface area contributed by atoms with Crippen LogP contribution in [-0.4, -0.2) is 35.7 Å². The zero-order chi connectivity index (χ0) is 13.1. The minimum atomic E-state index is -0.850. The molecule has 1 aliphatic carbocycles. The number of nitrogens with one attached hydrogen (secondary N) is 1. The first kappa shape index (κ1) is 13.3. The Morgan fingerprint density at radius 2 is 1.94 bits per heavy atom. The summed E-state index contributed by atoms with van der Waals surface area (Å²) in [5.41, 5.74) is 0. The predicted octanol–water partition coefficient (Wildman–Crippen LogP) is 1.17. The van der Waals surface area contributed by atoms with Gasteiger partial charge in [-0.25, -0.2) is 0 Å². The molecule has 0 aromatic carbocycles. The topological polar surface area (TPSA) is 75.6 Å². The molecule has 2 rings (SSSR count). The second-order valence-corrected chi connectivity index (χ2v) is 5.33. The lowest BCUT2D eigenvalue weighted by Gasteiger charge is -2.23. The third-order valence-corrected chi connectivity index (χ3v) is 4.06. The van der Waals surface area contributed by atoms with Gasteiger partial charge in [-0.15, -0.1) is 0 Å². The zero-order valence-electron chi connectivity index (χ0n) is 10.7. The molecule has 2 aliphatic rings. The van der Waals surface area contributed by atoms with Crippen molar-refractivity contribution in [1.29, 1.82) is 0 Å². The Labute approximate surface area is 107 Å². The van der Waals surface area contributed by atoms with E-state index in [0.717, 1.165) is 25.9 Å². The maximum atomic E-state index is 12.1. The molecule has 0 spiro atoms. The summed E-state index contributed by atoms with van der Waals surface area (Å²) in [6.45, 7) is 2.69. The Bertz CT molecular complexity index is 325. The van der Waals surface area contributed by atoms with Crippen molar-refractivity contribution < 1.29 is 19.4 Å². The summed E-state index contributed by atoms with van der Waals surface area (Å²) in [5.74, 6) is -1.85. The molecule has 0 aromatic heterocycles. The van der Waals surface area contributed by atoms with Gasteiger partial charge < -0.3 is 15.2 Å². The molecule has 1 saturated heterocycles. The van der Waals surface area contributed by atoms with Crippen molar-refractivity contribution in [2.45, 2.75) is 51.2 Å². The number of carboxylic acids is 1. The first-order valence-corrected chi connectivity index (χ1v) is 6.74. The molecule has 5 heteroatoms. The van der Waals surface area contributed by atoms with E-state index in [9.17, 15) is 9.59 Å². The van der Waals surface area contributed by atoms with Gasteiger partial charge in [-0.05, 0) is 32.6 Å². The lowest BCUT2D eigenvalue weighted by atomic mass is 9.95. The van der Waals surface area contributed by atoms with Gasteiger partial charge in [-0.3, -0.25) is 9.59 Å². The van der Waals surface area contributed by atoms with Crippen molar-refractivity contribution >= 4 is 11.9 Å². The molecule has 1 heterocycles. The summed E-state index contributed by atoms with van der Waals surface area (Å²) in [7, 11) is 0. The molecule has 1 aliphatic heterocycles. The molecule has 2 N–H and O–H groups in total. The molecular weight excluding hydrogens is 234 g/mol. The number of carbonyl (C=O) groups excluding carboxylic acids is 1. The molecule has 102 valence electrons. The van der Waals surface area contributed by atoms with Gasteiger partial charge >= 0.3 is 5.97 Å². The number of aliphatic carboxylic acids is 1. The Hall–Kier alpha value is -1.10. The number of hydrogen-bond acceptors (Lipinski definition) is 3. The number of amides is 1. The van der Waals surface area contributed by atoms with Crippen molar-refractivity contribution in [1.82, 2.24) is 5.32 Å². The fourth-order valence-electron chi connectivity index (χ4n) is 2.99. The third kappa shape index (κ3) is 2.83. The van der Waals surface area contributed by atoms with E-state index in [0.29, 0.717) is 12.8 Å². The van der Waals surface area contributed by atoms with E-state index in [-0.39, 0.29) is 24.0 Å². The SMILES string of the molecule is CC(NC(=O)C1CCCC1C(=O)O)C1CCCO1. The lowest BCUT2D eigenvalue weighted by molar-refractivity contribution is -0.146. The van der Waals surface area contributed by atoms with E-state index < -0.39 is 11.9 Å². The highest BCUT2D eigenvalue weighted by Gasteiger charge is 2.38. The van der Waals surface area contributed by atoms with Crippen molar-refractivity contribution in [2.75, 3.05) is 6.61 Å². The molecule has 4 unspecified atom stereocenters. The standard InChI is InChI=1S/C13H21NO4/c1-8(11-6-3-7-18-11)14-12(15)9-4-2-5-10(9)13(16)17/h8-11H,2-7H2,1H3,(H,14,15)(H,16,17). The van der Waals surface area contributed by atoms with Gasteiger partial charge in [-0.2, -0.15) is 0 Å². The van der Waals surface area contributed by atoms with Crippen molar-refractivity contribution in [2.24, 2.45) is 11.8 Å².